The Balaban J connectivity index is 2.08. The maximum absolute atomic E-state index is 12.5. The first-order chi connectivity index (χ1) is 9.01. The van der Waals surface area contributed by atoms with Gasteiger partial charge in [0.25, 0.3) is 0 Å². The van der Waals surface area contributed by atoms with Gasteiger partial charge in [0.1, 0.15) is 5.78 Å². The van der Waals surface area contributed by atoms with Crippen molar-refractivity contribution in [2.24, 2.45) is 10.8 Å². The van der Waals surface area contributed by atoms with Crippen molar-refractivity contribution in [3.63, 3.8) is 0 Å². The number of hydrogen-bond acceptors (Lipinski definition) is 1. The van der Waals surface area contributed by atoms with Gasteiger partial charge in [0.15, 0.2) is 0 Å². The predicted molar refractivity (Wildman–Crippen MR) is 81.1 cm³/mol. The summed E-state index contributed by atoms with van der Waals surface area (Å²) in [6.45, 7) is 8.82. The third kappa shape index (κ3) is 2.41. The molecular formula is C18H30O. The quantitative estimate of drug-likeness (QED) is 0.441. The van der Waals surface area contributed by atoms with Crippen LogP contribution in [-0.4, -0.2) is 5.78 Å². The molecule has 1 fully saturated rings. The normalized spacial score (nSPS) is 33.3. The highest BCUT2D eigenvalue weighted by Crippen LogP contribution is 2.74. The first-order valence-electron chi connectivity index (χ1n) is 8.20. The zero-order chi connectivity index (χ0) is 14.1. The van der Waals surface area contributed by atoms with E-state index < -0.39 is 0 Å². The van der Waals surface area contributed by atoms with Gasteiger partial charge in [-0.15, -0.1) is 0 Å². The third-order valence-corrected chi connectivity index (χ3v) is 5.79. The molecule has 2 rings (SSSR count). The summed E-state index contributed by atoms with van der Waals surface area (Å²) >= 11 is 0. The van der Waals surface area contributed by atoms with Crippen molar-refractivity contribution in [1.82, 2.24) is 0 Å². The van der Waals surface area contributed by atoms with Gasteiger partial charge in [-0.25, -0.2) is 0 Å². The number of fused-ring (bicyclic) bond motifs is 1. The van der Waals surface area contributed by atoms with Crippen molar-refractivity contribution in [2.75, 3.05) is 0 Å². The van der Waals surface area contributed by atoms with Crippen LogP contribution in [0.5, 0.6) is 0 Å². The van der Waals surface area contributed by atoms with Crippen LogP contribution in [0.2, 0.25) is 0 Å². The SMILES string of the molecule is CCCCCCC12CC(C)=C(C)CC1(C(=O)CC)C2. The van der Waals surface area contributed by atoms with Crippen LogP contribution in [0.25, 0.3) is 0 Å². The number of ketones is 1. The van der Waals surface area contributed by atoms with Gasteiger partial charge in [0, 0.05) is 11.8 Å². The van der Waals surface area contributed by atoms with Crippen LogP contribution in [0.3, 0.4) is 0 Å². The summed E-state index contributed by atoms with van der Waals surface area (Å²) in [5, 5.41) is 0. The van der Waals surface area contributed by atoms with E-state index in [-0.39, 0.29) is 5.41 Å². The molecule has 0 aromatic heterocycles. The third-order valence-electron chi connectivity index (χ3n) is 5.79. The lowest BCUT2D eigenvalue weighted by Crippen LogP contribution is -2.27. The minimum atomic E-state index is 0.0531. The second kappa shape index (κ2) is 5.42. The Morgan fingerprint density at radius 3 is 2.37 bits per heavy atom. The van der Waals surface area contributed by atoms with E-state index in [1.165, 1.54) is 50.5 Å². The summed E-state index contributed by atoms with van der Waals surface area (Å²) in [6.07, 6.45) is 10.7. The fraction of sp³-hybridized carbons (Fsp3) is 0.833. The van der Waals surface area contributed by atoms with E-state index in [1.807, 2.05) is 6.92 Å². The highest BCUT2D eigenvalue weighted by Gasteiger charge is 2.70. The summed E-state index contributed by atoms with van der Waals surface area (Å²) in [4.78, 5) is 12.5. The van der Waals surface area contributed by atoms with Gasteiger partial charge in [-0.2, -0.15) is 0 Å². The Morgan fingerprint density at radius 2 is 1.74 bits per heavy atom. The van der Waals surface area contributed by atoms with Crippen LogP contribution in [-0.2, 0) is 4.79 Å². The second-order valence-electron chi connectivity index (χ2n) is 7.04. The van der Waals surface area contributed by atoms with Crippen molar-refractivity contribution in [2.45, 2.75) is 85.5 Å². The Kier molecular flexibility index (Phi) is 4.23. The summed E-state index contributed by atoms with van der Waals surface area (Å²) < 4.78 is 0. The van der Waals surface area contributed by atoms with Crippen LogP contribution >= 0.6 is 0 Å². The smallest absolute Gasteiger partial charge is 0.139 e. The average Bonchev–Trinajstić information content (AvgIpc) is 3.03. The lowest BCUT2D eigenvalue weighted by Gasteiger charge is -2.31. The predicted octanol–water partition coefficient (Wildman–Crippen LogP) is 5.44. The van der Waals surface area contributed by atoms with Crippen LogP contribution in [0, 0.1) is 10.8 Å². The highest BCUT2D eigenvalue weighted by atomic mass is 16.1. The Bertz CT molecular complexity index is 392. The molecule has 0 aromatic rings. The van der Waals surface area contributed by atoms with Gasteiger partial charge in [-0.1, -0.05) is 50.7 Å². The summed E-state index contributed by atoms with van der Waals surface area (Å²) in [5.41, 5.74) is 3.46. The van der Waals surface area contributed by atoms with E-state index in [1.54, 1.807) is 5.57 Å². The standard InChI is InChI=1S/C18H30O/c1-5-7-8-9-10-17-11-14(3)15(4)12-18(17,13-17)16(19)6-2/h5-13H2,1-4H3. The van der Waals surface area contributed by atoms with Crippen molar-refractivity contribution >= 4 is 5.78 Å². The van der Waals surface area contributed by atoms with E-state index in [0.29, 0.717) is 11.2 Å². The largest absolute Gasteiger partial charge is 0.299 e. The average molecular weight is 262 g/mol. The lowest BCUT2D eigenvalue weighted by molar-refractivity contribution is -0.125. The molecule has 2 atom stereocenters. The van der Waals surface area contributed by atoms with Gasteiger partial charge in [0.05, 0.1) is 0 Å². The van der Waals surface area contributed by atoms with Crippen molar-refractivity contribution in [3.8, 4) is 0 Å². The number of rotatable bonds is 7. The summed E-state index contributed by atoms with van der Waals surface area (Å²) in [5.74, 6) is 0.537. The number of allylic oxidation sites excluding steroid dienone is 2. The van der Waals surface area contributed by atoms with E-state index in [4.69, 9.17) is 0 Å². The Labute approximate surface area is 118 Å². The molecule has 108 valence electrons. The van der Waals surface area contributed by atoms with E-state index in [2.05, 4.69) is 20.8 Å². The molecular weight excluding hydrogens is 232 g/mol. The maximum Gasteiger partial charge on any atom is 0.139 e. The van der Waals surface area contributed by atoms with Crippen molar-refractivity contribution < 1.29 is 4.79 Å². The molecule has 0 heterocycles. The fourth-order valence-corrected chi connectivity index (χ4v) is 4.41. The zero-order valence-corrected chi connectivity index (χ0v) is 13.3. The van der Waals surface area contributed by atoms with Crippen molar-refractivity contribution in [3.05, 3.63) is 11.1 Å². The molecule has 0 bridgehead atoms. The first kappa shape index (κ1) is 14.8. The highest BCUT2D eigenvalue weighted by molar-refractivity contribution is 5.89. The number of carbonyl (C=O) groups is 1. The molecule has 0 saturated heterocycles. The van der Waals surface area contributed by atoms with Crippen LogP contribution < -0.4 is 0 Å². The molecule has 1 heteroatoms. The molecule has 0 aromatic carbocycles. The minimum Gasteiger partial charge on any atom is -0.299 e. The van der Waals surface area contributed by atoms with Gasteiger partial charge in [-0.05, 0) is 44.9 Å². The molecule has 0 amide bonds. The Morgan fingerprint density at radius 1 is 1.05 bits per heavy atom. The molecule has 1 saturated carbocycles. The molecule has 19 heavy (non-hydrogen) atoms. The van der Waals surface area contributed by atoms with Gasteiger partial charge >= 0.3 is 0 Å². The number of Topliss-reactive ketones (excluding diaryl/α,β-unsaturated/α-hetero) is 1. The Hall–Kier alpha value is -0.590. The topological polar surface area (TPSA) is 17.1 Å². The van der Waals surface area contributed by atoms with E-state index in [0.717, 1.165) is 12.8 Å². The summed E-state index contributed by atoms with van der Waals surface area (Å²) in [7, 11) is 0. The molecule has 2 aliphatic carbocycles. The van der Waals surface area contributed by atoms with E-state index in [9.17, 15) is 4.79 Å². The fourth-order valence-electron chi connectivity index (χ4n) is 4.41. The summed E-state index contributed by atoms with van der Waals surface area (Å²) in [6, 6.07) is 0. The van der Waals surface area contributed by atoms with Crippen LogP contribution in [0.4, 0.5) is 0 Å². The van der Waals surface area contributed by atoms with Gasteiger partial charge < -0.3 is 0 Å². The molecule has 0 aliphatic heterocycles. The minimum absolute atomic E-state index is 0.0531. The van der Waals surface area contributed by atoms with Gasteiger partial charge in [-0.3, -0.25) is 4.79 Å². The van der Waals surface area contributed by atoms with Crippen LogP contribution in [0.1, 0.15) is 85.5 Å². The maximum atomic E-state index is 12.5. The first-order valence-corrected chi connectivity index (χ1v) is 8.20. The molecule has 1 nitrogen and oxygen atoms in total. The molecule has 0 spiro atoms. The monoisotopic (exact) mass is 262 g/mol. The van der Waals surface area contributed by atoms with E-state index >= 15 is 0 Å². The number of carbonyl (C=O) groups excluding carboxylic acids is 1. The molecule has 2 aliphatic rings. The number of hydrogen-bond donors (Lipinski definition) is 0. The molecule has 2 unspecified atom stereocenters. The zero-order valence-electron chi connectivity index (χ0n) is 13.3. The van der Waals surface area contributed by atoms with Crippen molar-refractivity contribution in [1.29, 1.82) is 0 Å². The number of unbranched alkanes of at least 4 members (excludes halogenated alkanes) is 3. The van der Waals surface area contributed by atoms with Gasteiger partial charge in [0.2, 0.25) is 0 Å². The molecule has 0 N–H and O–H groups in total. The lowest BCUT2D eigenvalue weighted by atomic mass is 9.72. The molecule has 0 radical (unpaired) electrons. The van der Waals surface area contributed by atoms with Crippen LogP contribution in [0.15, 0.2) is 11.1 Å². The second-order valence-corrected chi connectivity index (χ2v) is 7.04.